The van der Waals surface area contributed by atoms with Crippen molar-refractivity contribution in [3.8, 4) is 11.5 Å². The van der Waals surface area contributed by atoms with Crippen LogP contribution in [0.15, 0.2) is 91.0 Å². The molecule has 0 spiro atoms. The molecule has 5 rings (SSSR count). The second-order valence-corrected chi connectivity index (χ2v) is 10.8. The molecular formula is C36H34ClNO4. The third-order valence-electron chi connectivity index (χ3n) is 7.19. The largest absolute Gasteiger partial charge is 0.493 e. The number of ether oxygens (including phenoxy) is 2. The van der Waals surface area contributed by atoms with E-state index in [-0.39, 0.29) is 11.7 Å². The van der Waals surface area contributed by atoms with Gasteiger partial charge in [0.05, 0.1) is 24.3 Å². The average Bonchev–Trinajstić information content (AvgIpc) is 3.00. The number of hydrogen-bond donors (Lipinski definition) is 1. The first-order valence-electron chi connectivity index (χ1n) is 14.3. The third kappa shape index (κ3) is 6.92. The molecule has 0 aromatic heterocycles. The van der Waals surface area contributed by atoms with Crippen LogP contribution in [0.1, 0.15) is 58.9 Å². The molecule has 0 aliphatic carbocycles. The predicted molar refractivity (Wildman–Crippen MR) is 172 cm³/mol. The van der Waals surface area contributed by atoms with Gasteiger partial charge in [-0.05, 0) is 95.8 Å². The summed E-state index contributed by atoms with van der Waals surface area (Å²) in [4.78, 5) is 26.6. The number of anilines is 1. The molecule has 0 aliphatic heterocycles. The fourth-order valence-corrected chi connectivity index (χ4v) is 5.17. The highest BCUT2D eigenvalue weighted by atomic mass is 35.5. The van der Waals surface area contributed by atoms with Gasteiger partial charge in [-0.2, -0.15) is 0 Å². The summed E-state index contributed by atoms with van der Waals surface area (Å²) in [6, 6.07) is 28.9. The fraction of sp³-hybridized carbons (Fsp3) is 0.222. The molecule has 0 saturated heterocycles. The zero-order valence-electron chi connectivity index (χ0n) is 23.9. The molecule has 1 amide bonds. The van der Waals surface area contributed by atoms with E-state index in [4.69, 9.17) is 21.1 Å². The molecule has 214 valence electrons. The van der Waals surface area contributed by atoms with Crippen molar-refractivity contribution >= 4 is 50.5 Å². The highest BCUT2D eigenvalue weighted by molar-refractivity contribution is 6.30. The number of carbonyl (C=O) groups is 2. The van der Waals surface area contributed by atoms with Crippen LogP contribution in [-0.4, -0.2) is 24.9 Å². The zero-order chi connectivity index (χ0) is 29.5. The van der Waals surface area contributed by atoms with Gasteiger partial charge in [0.2, 0.25) is 0 Å². The standard InChI is InChI=1S/C36H34ClNO4/c1-3-17-41-34-22-27-12-6-4-10-25(27)20-30(34)33(39)14-8-9-18-42-35-23-28-13-7-5-11-26(28)21-31(35)36(40)38-32-16-15-29(37)19-24(32)2/h4-7,10-13,15-16,19-23H,3,8-9,14,17-18H2,1-2H3,(H,38,40). The molecule has 0 fully saturated rings. The number of nitrogens with one attached hydrogen (secondary N) is 1. The lowest BCUT2D eigenvalue weighted by atomic mass is 10.00. The van der Waals surface area contributed by atoms with Crippen molar-refractivity contribution in [1.82, 2.24) is 0 Å². The molecule has 5 aromatic carbocycles. The SMILES string of the molecule is CCCOc1cc2ccccc2cc1C(=O)CCCCOc1cc2ccccc2cc1C(=O)Nc1ccc(Cl)cc1C. The van der Waals surface area contributed by atoms with Gasteiger partial charge in [0.25, 0.3) is 5.91 Å². The number of carbonyl (C=O) groups excluding carboxylic acids is 2. The van der Waals surface area contributed by atoms with Gasteiger partial charge < -0.3 is 14.8 Å². The number of halogens is 1. The summed E-state index contributed by atoms with van der Waals surface area (Å²) >= 11 is 6.09. The number of aryl methyl sites for hydroxylation is 1. The van der Waals surface area contributed by atoms with Crippen LogP contribution in [0.2, 0.25) is 5.02 Å². The Bertz CT molecular complexity index is 1750. The molecule has 0 saturated carbocycles. The van der Waals surface area contributed by atoms with Crippen LogP contribution in [0.25, 0.3) is 21.5 Å². The Morgan fingerprint density at radius 1 is 0.714 bits per heavy atom. The lowest BCUT2D eigenvalue weighted by Crippen LogP contribution is -2.15. The maximum absolute atomic E-state index is 13.4. The Morgan fingerprint density at radius 3 is 1.90 bits per heavy atom. The number of fused-ring (bicyclic) bond motifs is 2. The molecular weight excluding hydrogens is 546 g/mol. The maximum Gasteiger partial charge on any atom is 0.259 e. The van der Waals surface area contributed by atoms with Gasteiger partial charge in [-0.25, -0.2) is 0 Å². The van der Waals surface area contributed by atoms with E-state index in [1.165, 1.54) is 0 Å². The second kappa shape index (κ2) is 13.5. The zero-order valence-corrected chi connectivity index (χ0v) is 24.7. The van der Waals surface area contributed by atoms with Crippen LogP contribution in [0.4, 0.5) is 5.69 Å². The first kappa shape index (κ1) is 29.2. The second-order valence-electron chi connectivity index (χ2n) is 10.4. The summed E-state index contributed by atoms with van der Waals surface area (Å²) in [5.74, 6) is 0.941. The van der Waals surface area contributed by atoms with Crippen LogP contribution in [0, 0.1) is 6.92 Å². The van der Waals surface area contributed by atoms with Crippen molar-refractivity contribution in [2.45, 2.75) is 39.5 Å². The van der Waals surface area contributed by atoms with Gasteiger partial charge in [0.15, 0.2) is 5.78 Å². The molecule has 6 heteroatoms. The number of benzene rings is 5. The van der Waals surface area contributed by atoms with E-state index in [2.05, 4.69) is 5.32 Å². The van der Waals surface area contributed by atoms with Gasteiger partial charge >= 0.3 is 0 Å². The summed E-state index contributed by atoms with van der Waals surface area (Å²) in [5.41, 5.74) is 2.64. The number of rotatable bonds is 12. The van der Waals surface area contributed by atoms with Crippen LogP contribution in [0.3, 0.4) is 0 Å². The number of Topliss-reactive ketones (excluding diaryl/α,β-unsaturated/α-hetero) is 1. The number of amides is 1. The minimum atomic E-state index is -0.257. The molecule has 0 aliphatic rings. The van der Waals surface area contributed by atoms with Gasteiger partial charge in [-0.1, -0.05) is 67.1 Å². The molecule has 0 bridgehead atoms. The predicted octanol–water partition coefficient (Wildman–Crippen LogP) is 9.43. The lowest BCUT2D eigenvalue weighted by Gasteiger charge is -2.15. The monoisotopic (exact) mass is 579 g/mol. The Balaban J connectivity index is 1.26. The quantitative estimate of drug-likeness (QED) is 0.118. The van der Waals surface area contributed by atoms with Gasteiger partial charge in [0.1, 0.15) is 11.5 Å². The van der Waals surface area contributed by atoms with Crippen LogP contribution in [-0.2, 0) is 0 Å². The van der Waals surface area contributed by atoms with E-state index in [0.29, 0.717) is 65.8 Å². The van der Waals surface area contributed by atoms with Crippen molar-refractivity contribution in [2.75, 3.05) is 18.5 Å². The summed E-state index contributed by atoms with van der Waals surface area (Å²) < 4.78 is 12.1. The molecule has 0 heterocycles. The van der Waals surface area contributed by atoms with Crippen molar-refractivity contribution < 1.29 is 19.1 Å². The first-order chi connectivity index (χ1) is 20.4. The molecule has 42 heavy (non-hydrogen) atoms. The lowest BCUT2D eigenvalue weighted by molar-refractivity contribution is 0.0973. The normalized spacial score (nSPS) is 11.0. The van der Waals surface area contributed by atoms with Crippen molar-refractivity contribution in [1.29, 1.82) is 0 Å². The Kier molecular flexibility index (Phi) is 9.40. The van der Waals surface area contributed by atoms with Crippen LogP contribution >= 0.6 is 11.6 Å². The van der Waals surface area contributed by atoms with Gasteiger partial charge in [-0.15, -0.1) is 0 Å². The highest BCUT2D eigenvalue weighted by Gasteiger charge is 2.17. The number of unbranched alkanes of at least 4 members (excludes halogenated alkanes) is 1. The summed E-state index contributed by atoms with van der Waals surface area (Å²) in [5, 5.41) is 7.61. The highest BCUT2D eigenvalue weighted by Crippen LogP contribution is 2.30. The summed E-state index contributed by atoms with van der Waals surface area (Å²) in [6.45, 7) is 4.89. The summed E-state index contributed by atoms with van der Waals surface area (Å²) in [6.07, 6.45) is 2.56. The minimum absolute atomic E-state index is 0.0518. The van der Waals surface area contributed by atoms with E-state index < -0.39 is 0 Å². The maximum atomic E-state index is 13.4. The Hall–Kier alpha value is -4.35. The topological polar surface area (TPSA) is 64.6 Å². The molecule has 1 N–H and O–H groups in total. The molecule has 5 aromatic rings. The van der Waals surface area contributed by atoms with E-state index in [1.54, 1.807) is 12.1 Å². The van der Waals surface area contributed by atoms with E-state index in [9.17, 15) is 9.59 Å². The minimum Gasteiger partial charge on any atom is -0.493 e. The number of hydrogen-bond acceptors (Lipinski definition) is 4. The smallest absolute Gasteiger partial charge is 0.259 e. The number of ketones is 1. The fourth-order valence-electron chi connectivity index (χ4n) is 4.95. The molecule has 0 atom stereocenters. The van der Waals surface area contributed by atoms with E-state index in [0.717, 1.165) is 33.5 Å². The Morgan fingerprint density at radius 2 is 1.29 bits per heavy atom. The van der Waals surface area contributed by atoms with E-state index >= 15 is 0 Å². The van der Waals surface area contributed by atoms with Crippen LogP contribution in [0.5, 0.6) is 11.5 Å². The molecule has 5 nitrogen and oxygen atoms in total. The summed E-state index contributed by atoms with van der Waals surface area (Å²) in [7, 11) is 0. The van der Waals surface area contributed by atoms with Gasteiger partial charge in [0, 0.05) is 17.1 Å². The van der Waals surface area contributed by atoms with E-state index in [1.807, 2.05) is 92.7 Å². The average molecular weight is 580 g/mol. The van der Waals surface area contributed by atoms with Crippen molar-refractivity contribution in [3.63, 3.8) is 0 Å². The third-order valence-corrected chi connectivity index (χ3v) is 7.43. The van der Waals surface area contributed by atoms with Crippen LogP contribution < -0.4 is 14.8 Å². The molecule has 0 unspecified atom stereocenters. The Labute approximate surface area is 251 Å². The van der Waals surface area contributed by atoms with Gasteiger partial charge in [-0.3, -0.25) is 9.59 Å². The molecule has 0 radical (unpaired) electrons. The van der Waals surface area contributed by atoms with Crippen molar-refractivity contribution in [2.24, 2.45) is 0 Å². The first-order valence-corrected chi connectivity index (χ1v) is 14.7. The van der Waals surface area contributed by atoms with Crippen molar-refractivity contribution in [3.05, 3.63) is 113 Å².